The van der Waals surface area contributed by atoms with Gasteiger partial charge in [0.2, 0.25) is 5.91 Å². The Kier molecular flexibility index (Phi) is 4.85. The molecule has 0 radical (unpaired) electrons. The largest absolute Gasteiger partial charge is 0.322 e. The number of hydrogen-bond donors (Lipinski definition) is 1. The predicted octanol–water partition coefficient (Wildman–Crippen LogP) is 4.55. The summed E-state index contributed by atoms with van der Waals surface area (Å²) >= 11 is 12.2. The van der Waals surface area contributed by atoms with Crippen LogP contribution in [-0.2, 0) is 4.79 Å². The molecule has 0 aliphatic heterocycles. The van der Waals surface area contributed by atoms with E-state index in [1.807, 2.05) is 19.1 Å². The van der Waals surface area contributed by atoms with Gasteiger partial charge in [0.25, 0.3) is 0 Å². The maximum Gasteiger partial charge on any atom is 0.246 e. The third-order valence-electron chi connectivity index (χ3n) is 3.06. The van der Waals surface area contributed by atoms with Crippen molar-refractivity contribution in [1.82, 2.24) is 0 Å². The van der Waals surface area contributed by atoms with Gasteiger partial charge < -0.3 is 5.32 Å². The monoisotopic (exact) mass is 318 g/mol. The van der Waals surface area contributed by atoms with Crippen LogP contribution in [-0.4, -0.2) is 5.91 Å². The molecule has 2 aromatic rings. The summed E-state index contributed by atoms with van der Waals surface area (Å²) in [5, 5.41) is 12.6. The minimum Gasteiger partial charge on any atom is -0.322 e. The van der Waals surface area contributed by atoms with Gasteiger partial charge in [-0.15, -0.1) is 0 Å². The summed E-state index contributed by atoms with van der Waals surface area (Å²) in [5.74, 6) is -1.38. The van der Waals surface area contributed by atoms with E-state index in [0.29, 0.717) is 21.3 Å². The Labute approximate surface area is 133 Å². The SMILES string of the molecule is Cc1ccc(Cl)c(NC(=O)C(C#N)c2ccccc2)c1Cl. The lowest BCUT2D eigenvalue weighted by Crippen LogP contribution is -2.20. The van der Waals surface area contributed by atoms with E-state index in [1.54, 1.807) is 36.4 Å². The first-order chi connectivity index (χ1) is 10.0. The first-order valence-electron chi connectivity index (χ1n) is 6.24. The van der Waals surface area contributed by atoms with Crippen LogP contribution in [0.1, 0.15) is 17.0 Å². The molecule has 0 aromatic heterocycles. The lowest BCUT2D eigenvalue weighted by atomic mass is 10.00. The van der Waals surface area contributed by atoms with E-state index in [4.69, 9.17) is 23.2 Å². The highest BCUT2D eigenvalue weighted by Crippen LogP contribution is 2.33. The fourth-order valence-electron chi connectivity index (χ4n) is 1.90. The van der Waals surface area contributed by atoms with Crippen LogP contribution in [0.2, 0.25) is 10.0 Å². The van der Waals surface area contributed by atoms with Gasteiger partial charge in [0, 0.05) is 0 Å². The van der Waals surface area contributed by atoms with Gasteiger partial charge in [0.15, 0.2) is 5.92 Å². The van der Waals surface area contributed by atoms with Crippen LogP contribution in [0.25, 0.3) is 0 Å². The summed E-state index contributed by atoms with van der Waals surface area (Å²) in [6.45, 7) is 1.81. The summed E-state index contributed by atoms with van der Waals surface area (Å²) in [6.07, 6.45) is 0. The third kappa shape index (κ3) is 3.36. The maximum absolute atomic E-state index is 12.3. The Morgan fingerprint density at radius 3 is 2.48 bits per heavy atom. The van der Waals surface area contributed by atoms with Gasteiger partial charge in [-0.25, -0.2) is 0 Å². The zero-order valence-corrected chi connectivity index (χ0v) is 12.7. The van der Waals surface area contributed by atoms with Crippen LogP contribution in [0.4, 0.5) is 5.69 Å². The Morgan fingerprint density at radius 2 is 1.86 bits per heavy atom. The number of amides is 1. The van der Waals surface area contributed by atoms with Crippen LogP contribution in [0.5, 0.6) is 0 Å². The zero-order chi connectivity index (χ0) is 15.4. The second kappa shape index (κ2) is 6.62. The average Bonchev–Trinajstić information content (AvgIpc) is 2.49. The second-order valence-electron chi connectivity index (χ2n) is 4.52. The molecule has 0 spiro atoms. The topological polar surface area (TPSA) is 52.9 Å². The highest BCUT2D eigenvalue weighted by atomic mass is 35.5. The minimum absolute atomic E-state index is 0.333. The first-order valence-corrected chi connectivity index (χ1v) is 7.00. The quantitative estimate of drug-likeness (QED) is 0.902. The molecule has 21 heavy (non-hydrogen) atoms. The second-order valence-corrected chi connectivity index (χ2v) is 5.30. The molecule has 0 saturated carbocycles. The van der Waals surface area contributed by atoms with Gasteiger partial charge in [0.1, 0.15) is 0 Å². The molecule has 106 valence electrons. The summed E-state index contributed by atoms with van der Waals surface area (Å²) in [6, 6.07) is 14.2. The van der Waals surface area contributed by atoms with Gasteiger partial charge >= 0.3 is 0 Å². The molecule has 5 heteroatoms. The number of aryl methyl sites for hydroxylation is 1. The molecule has 0 heterocycles. The highest BCUT2D eigenvalue weighted by Gasteiger charge is 2.22. The molecule has 0 fully saturated rings. The van der Waals surface area contributed by atoms with Gasteiger partial charge in [-0.2, -0.15) is 5.26 Å². The van der Waals surface area contributed by atoms with Crippen molar-refractivity contribution in [2.45, 2.75) is 12.8 Å². The third-order valence-corrected chi connectivity index (χ3v) is 3.86. The van der Waals surface area contributed by atoms with Crippen LogP contribution < -0.4 is 5.32 Å². The molecule has 2 rings (SSSR count). The van der Waals surface area contributed by atoms with E-state index >= 15 is 0 Å². The summed E-state index contributed by atoms with van der Waals surface area (Å²) in [5.41, 5.74) is 1.75. The number of benzene rings is 2. The smallest absolute Gasteiger partial charge is 0.246 e. The van der Waals surface area contributed by atoms with Crippen molar-refractivity contribution in [3.63, 3.8) is 0 Å². The fourth-order valence-corrected chi connectivity index (χ4v) is 2.36. The number of nitrogens with zero attached hydrogens (tertiary/aromatic N) is 1. The number of nitrogens with one attached hydrogen (secondary N) is 1. The highest BCUT2D eigenvalue weighted by molar-refractivity contribution is 6.40. The Balaban J connectivity index is 2.30. The van der Waals surface area contributed by atoms with Gasteiger partial charge in [-0.3, -0.25) is 4.79 Å². The van der Waals surface area contributed by atoms with Crippen molar-refractivity contribution in [2.24, 2.45) is 0 Å². The molecule has 1 amide bonds. The summed E-state index contributed by atoms with van der Waals surface area (Å²) < 4.78 is 0. The van der Waals surface area contributed by atoms with Crippen LogP contribution in [0, 0.1) is 18.3 Å². The molecular weight excluding hydrogens is 307 g/mol. The number of nitriles is 1. The molecule has 0 saturated heterocycles. The molecule has 1 atom stereocenters. The van der Waals surface area contributed by atoms with Gasteiger partial charge in [-0.1, -0.05) is 59.6 Å². The van der Waals surface area contributed by atoms with Gasteiger partial charge in [-0.05, 0) is 24.1 Å². The minimum atomic E-state index is -0.918. The molecular formula is C16H12Cl2N2O. The van der Waals surface area contributed by atoms with Crippen molar-refractivity contribution in [2.75, 3.05) is 5.32 Å². The number of anilines is 1. The molecule has 0 bridgehead atoms. The molecule has 1 N–H and O–H groups in total. The van der Waals surface area contributed by atoms with Crippen LogP contribution in [0.15, 0.2) is 42.5 Å². The number of hydrogen-bond acceptors (Lipinski definition) is 2. The molecule has 1 unspecified atom stereocenters. The lowest BCUT2D eigenvalue weighted by Gasteiger charge is -2.14. The van der Waals surface area contributed by atoms with Crippen LogP contribution in [0.3, 0.4) is 0 Å². The molecule has 0 aliphatic carbocycles. The number of rotatable bonds is 3. The van der Waals surface area contributed by atoms with E-state index in [0.717, 1.165) is 5.56 Å². The number of carbonyl (C=O) groups excluding carboxylic acids is 1. The zero-order valence-electron chi connectivity index (χ0n) is 11.2. The summed E-state index contributed by atoms with van der Waals surface area (Å²) in [4.78, 5) is 12.3. The van der Waals surface area contributed by atoms with E-state index in [2.05, 4.69) is 5.32 Å². The van der Waals surface area contributed by atoms with E-state index in [9.17, 15) is 10.1 Å². The molecule has 0 aliphatic rings. The standard InChI is InChI=1S/C16H12Cl2N2O/c1-10-7-8-13(17)15(14(10)18)20-16(21)12(9-19)11-5-3-2-4-6-11/h2-8,12H,1H3,(H,20,21). The van der Waals surface area contributed by atoms with Crippen molar-refractivity contribution in [1.29, 1.82) is 5.26 Å². The van der Waals surface area contributed by atoms with E-state index < -0.39 is 11.8 Å². The van der Waals surface area contributed by atoms with Crippen LogP contribution >= 0.6 is 23.2 Å². The van der Waals surface area contributed by atoms with E-state index in [-0.39, 0.29) is 0 Å². The number of halogens is 2. The molecule has 2 aromatic carbocycles. The predicted molar refractivity (Wildman–Crippen MR) is 84.6 cm³/mol. The number of carbonyl (C=O) groups is 1. The Bertz CT molecular complexity index is 708. The van der Waals surface area contributed by atoms with Crippen molar-refractivity contribution >= 4 is 34.8 Å². The van der Waals surface area contributed by atoms with E-state index in [1.165, 1.54) is 0 Å². The first kappa shape index (κ1) is 15.4. The summed E-state index contributed by atoms with van der Waals surface area (Å²) in [7, 11) is 0. The van der Waals surface area contributed by atoms with Crippen molar-refractivity contribution in [3.05, 3.63) is 63.6 Å². The fraction of sp³-hybridized carbons (Fsp3) is 0.125. The molecule has 3 nitrogen and oxygen atoms in total. The van der Waals surface area contributed by atoms with Gasteiger partial charge in [0.05, 0.1) is 21.8 Å². The van der Waals surface area contributed by atoms with Crippen molar-refractivity contribution in [3.8, 4) is 6.07 Å². The maximum atomic E-state index is 12.3. The normalized spacial score (nSPS) is 11.5. The Morgan fingerprint density at radius 1 is 1.19 bits per heavy atom. The lowest BCUT2D eigenvalue weighted by molar-refractivity contribution is -0.116. The van der Waals surface area contributed by atoms with Crippen molar-refractivity contribution < 1.29 is 4.79 Å². The Hall–Kier alpha value is -2.02. The average molecular weight is 319 g/mol.